The molecule has 1 aliphatic heterocycles. The van der Waals surface area contributed by atoms with Gasteiger partial charge in [-0.1, -0.05) is 0 Å². The van der Waals surface area contributed by atoms with Crippen LogP contribution >= 0.6 is 0 Å². The van der Waals surface area contributed by atoms with Gasteiger partial charge in [0.05, 0.1) is 0 Å². The van der Waals surface area contributed by atoms with Crippen molar-refractivity contribution in [2.24, 2.45) is 5.92 Å². The average molecular weight is 192 g/mol. The van der Waals surface area contributed by atoms with Crippen molar-refractivity contribution in [3.05, 3.63) is 24.0 Å². The fourth-order valence-corrected chi connectivity index (χ4v) is 1.94. The molecule has 14 heavy (non-hydrogen) atoms. The third-order valence-corrected chi connectivity index (χ3v) is 2.79. The van der Waals surface area contributed by atoms with Gasteiger partial charge >= 0.3 is 0 Å². The summed E-state index contributed by atoms with van der Waals surface area (Å²) in [4.78, 5) is 6.49. The van der Waals surface area contributed by atoms with Crippen LogP contribution in [0.4, 0.5) is 5.69 Å². The second-order valence-corrected chi connectivity index (χ2v) is 3.94. The van der Waals surface area contributed by atoms with Gasteiger partial charge in [0.15, 0.2) is 0 Å². The zero-order valence-corrected chi connectivity index (χ0v) is 8.48. The average Bonchev–Trinajstić information content (AvgIpc) is 2.66. The molecule has 76 valence electrons. The lowest BCUT2D eigenvalue weighted by Gasteiger charge is -2.18. The smallest absolute Gasteiger partial charge is 0.0476 e. The highest BCUT2D eigenvalue weighted by Crippen LogP contribution is 2.23. The molecule has 3 heteroatoms. The fourth-order valence-electron chi connectivity index (χ4n) is 1.94. The third kappa shape index (κ3) is 1.87. The summed E-state index contributed by atoms with van der Waals surface area (Å²) in [6, 6.07) is 4.13. The van der Waals surface area contributed by atoms with Crippen molar-refractivity contribution in [3.63, 3.8) is 0 Å². The Balaban J connectivity index is 2.09. The Kier molecular flexibility index (Phi) is 2.68. The van der Waals surface area contributed by atoms with E-state index in [1.807, 2.05) is 19.2 Å². The molecule has 0 saturated carbocycles. The molecule has 0 bridgehead atoms. The molecule has 1 N–H and O–H groups in total. The molecule has 0 aliphatic carbocycles. The van der Waals surface area contributed by atoms with E-state index in [9.17, 15) is 0 Å². The van der Waals surface area contributed by atoms with Crippen molar-refractivity contribution in [1.29, 1.82) is 0 Å². The summed E-state index contributed by atoms with van der Waals surface area (Å²) in [6.45, 7) is 4.33. The Morgan fingerprint density at radius 1 is 1.64 bits per heavy atom. The monoisotopic (exact) mass is 192 g/mol. The molecular formula is C11H16N2O. The highest BCUT2D eigenvalue weighted by atomic mass is 16.3. The van der Waals surface area contributed by atoms with Gasteiger partial charge in [-0.25, -0.2) is 0 Å². The van der Waals surface area contributed by atoms with Crippen LogP contribution in [0.2, 0.25) is 0 Å². The molecule has 1 fully saturated rings. The number of anilines is 1. The van der Waals surface area contributed by atoms with Crippen molar-refractivity contribution >= 4 is 5.69 Å². The van der Waals surface area contributed by atoms with Gasteiger partial charge in [0, 0.05) is 43.2 Å². The molecule has 1 saturated heterocycles. The van der Waals surface area contributed by atoms with Gasteiger partial charge in [-0.15, -0.1) is 0 Å². The Labute approximate surface area is 84.4 Å². The van der Waals surface area contributed by atoms with Gasteiger partial charge in [0.1, 0.15) is 0 Å². The fraction of sp³-hybridized carbons (Fsp3) is 0.545. The second-order valence-electron chi connectivity index (χ2n) is 3.94. The normalized spacial score (nSPS) is 21.6. The molecule has 3 nitrogen and oxygen atoms in total. The Hall–Kier alpha value is -1.09. The van der Waals surface area contributed by atoms with Crippen LogP contribution in [0, 0.1) is 12.8 Å². The summed E-state index contributed by atoms with van der Waals surface area (Å²) in [5, 5.41) is 9.05. The number of rotatable bonds is 2. The molecule has 2 heterocycles. The first-order chi connectivity index (χ1) is 6.79. The second kappa shape index (κ2) is 3.96. The number of aliphatic hydroxyl groups is 1. The maximum absolute atomic E-state index is 9.05. The molecule has 1 unspecified atom stereocenters. The van der Waals surface area contributed by atoms with Gasteiger partial charge in [0.2, 0.25) is 0 Å². The maximum Gasteiger partial charge on any atom is 0.0476 e. The minimum atomic E-state index is 0.306. The number of aliphatic hydroxyl groups excluding tert-OH is 1. The van der Waals surface area contributed by atoms with Crippen LogP contribution in [0.5, 0.6) is 0 Å². The summed E-state index contributed by atoms with van der Waals surface area (Å²) < 4.78 is 0. The van der Waals surface area contributed by atoms with Crippen molar-refractivity contribution < 1.29 is 5.11 Å². The van der Waals surface area contributed by atoms with Crippen LogP contribution in [0.3, 0.4) is 0 Å². The van der Waals surface area contributed by atoms with Crippen LogP contribution in [-0.2, 0) is 0 Å². The predicted molar refractivity (Wildman–Crippen MR) is 56.4 cm³/mol. The van der Waals surface area contributed by atoms with Gasteiger partial charge in [0.25, 0.3) is 0 Å². The van der Waals surface area contributed by atoms with E-state index < -0.39 is 0 Å². The van der Waals surface area contributed by atoms with Gasteiger partial charge in [-0.05, 0) is 25.5 Å². The molecule has 1 aliphatic rings. The van der Waals surface area contributed by atoms with Crippen LogP contribution in [0.15, 0.2) is 18.3 Å². The SMILES string of the molecule is Cc1cc(N2CCC(CO)C2)ccn1. The number of hydrogen-bond donors (Lipinski definition) is 1. The highest BCUT2D eigenvalue weighted by molar-refractivity contribution is 5.47. The van der Waals surface area contributed by atoms with Crippen molar-refractivity contribution in [2.75, 3.05) is 24.6 Å². The van der Waals surface area contributed by atoms with Crippen LogP contribution in [0.1, 0.15) is 12.1 Å². The van der Waals surface area contributed by atoms with Crippen LogP contribution in [0.25, 0.3) is 0 Å². The van der Waals surface area contributed by atoms with E-state index in [0.29, 0.717) is 12.5 Å². The largest absolute Gasteiger partial charge is 0.396 e. The Morgan fingerprint density at radius 3 is 3.14 bits per heavy atom. The number of aryl methyl sites for hydroxylation is 1. The van der Waals surface area contributed by atoms with E-state index in [1.54, 1.807) is 0 Å². The molecule has 1 aromatic rings. The first kappa shape index (κ1) is 9.46. The minimum absolute atomic E-state index is 0.306. The van der Waals surface area contributed by atoms with E-state index in [0.717, 1.165) is 25.2 Å². The van der Waals surface area contributed by atoms with Gasteiger partial charge in [-0.2, -0.15) is 0 Å². The Morgan fingerprint density at radius 2 is 2.50 bits per heavy atom. The summed E-state index contributed by atoms with van der Waals surface area (Å²) in [7, 11) is 0. The highest BCUT2D eigenvalue weighted by Gasteiger charge is 2.21. The molecular weight excluding hydrogens is 176 g/mol. The van der Waals surface area contributed by atoms with E-state index in [4.69, 9.17) is 5.11 Å². The zero-order valence-electron chi connectivity index (χ0n) is 8.48. The summed E-state index contributed by atoms with van der Waals surface area (Å²) >= 11 is 0. The molecule has 1 atom stereocenters. The molecule has 0 radical (unpaired) electrons. The summed E-state index contributed by atoms with van der Waals surface area (Å²) in [6.07, 6.45) is 2.94. The van der Waals surface area contributed by atoms with Crippen LogP contribution < -0.4 is 4.90 Å². The summed E-state index contributed by atoms with van der Waals surface area (Å²) in [5.41, 5.74) is 2.28. The minimum Gasteiger partial charge on any atom is -0.396 e. The maximum atomic E-state index is 9.05. The summed E-state index contributed by atoms with van der Waals surface area (Å²) in [5.74, 6) is 0.448. The first-order valence-electron chi connectivity index (χ1n) is 5.08. The molecule has 2 rings (SSSR count). The van der Waals surface area contributed by atoms with E-state index in [2.05, 4.69) is 16.0 Å². The molecule has 0 amide bonds. The number of hydrogen-bond acceptors (Lipinski definition) is 3. The quantitative estimate of drug-likeness (QED) is 0.765. The number of nitrogens with zero attached hydrogens (tertiary/aromatic N) is 2. The lowest BCUT2D eigenvalue weighted by Crippen LogP contribution is -2.20. The lowest BCUT2D eigenvalue weighted by molar-refractivity contribution is 0.238. The van der Waals surface area contributed by atoms with E-state index in [1.165, 1.54) is 5.69 Å². The molecule has 0 aromatic carbocycles. The van der Waals surface area contributed by atoms with Crippen molar-refractivity contribution in [3.8, 4) is 0 Å². The lowest BCUT2D eigenvalue weighted by atomic mass is 10.1. The first-order valence-corrected chi connectivity index (χ1v) is 5.08. The Bertz CT molecular complexity index is 314. The van der Waals surface area contributed by atoms with Gasteiger partial charge < -0.3 is 10.0 Å². The van der Waals surface area contributed by atoms with Crippen molar-refractivity contribution in [1.82, 2.24) is 4.98 Å². The van der Waals surface area contributed by atoms with E-state index >= 15 is 0 Å². The third-order valence-electron chi connectivity index (χ3n) is 2.79. The van der Waals surface area contributed by atoms with Crippen molar-refractivity contribution in [2.45, 2.75) is 13.3 Å². The molecule has 0 spiro atoms. The number of aromatic nitrogens is 1. The number of pyridine rings is 1. The molecule has 1 aromatic heterocycles. The van der Waals surface area contributed by atoms with Crippen LogP contribution in [-0.4, -0.2) is 29.8 Å². The van der Waals surface area contributed by atoms with Gasteiger partial charge in [-0.3, -0.25) is 4.98 Å². The zero-order chi connectivity index (χ0) is 9.97. The topological polar surface area (TPSA) is 36.4 Å². The predicted octanol–water partition coefficient (Wildman–Crippen LogP) is 1.21. The van der Waals surface area contributed by atoms with E-state index in [-0.39, 0.29) is 0 Å². The standard InChI is InChI=1S/C11H16N2O/c1-9-6-11(2-4-12-9)13-5-3-10(7-13)8-14/h2,4,6,10,14H,3,5,7-8H2,1H3.